The van der Waals surface area contributed by atoms with Crippen molar-refractivity contribution < 1.29 is 18.1 Å². The second-order valence-electron chi connectivity index (χ2n) is 2.83. The molecule has 0 aliphatic heterocycles. The van der Waals surface area contributed by atoms with Crippen LogP contribution in [0.5, 0.6) is 0 Å². The Morgan fingerprint density at radius 1 is 1.43 bits per heavy atom. The van der Waals surface area contributed by atoms with Crippen molar-refractivity contribution in [3.8, 4) is 11.8 Å². The zero-order valence-electron chi connectivity index (χ0n) is 8.82. The van der Waals surface area contributed by atoms with Crippen LogP contribution in [-0.4, -0.2) is 30.4 Å². The molecule has 0 heterocycles. The molecule has 0 aliphatic rings. The lowest BCUT2D eigenvalue weighted by molar-refractivity contribution is 0.253. The first-order chi connectivity index (χ1) is 6.27. The topological polar surface area (TPSA) is 74.6 Å². The number of rotatable bonds is 2. The molecule has 0 aromatic carbocycles. The quantitative estimate of drug-likeness (QED) is 0.416. The molecule has 0 aromatic rings. The van der Waals surface area contributed by atoms with Gasteiger partial charge in [-0.1, -0.05) is 19.3 Å². The summed E-state index contributed by atoms with van der Waals surface area (Å²) in [6, 6.07) is 0. The van der Waals surface area contributed by atoms with Gasteiger partial charge in [0.25, 0.3) is 10.1 Å². The molecule has 0 rings (SSSR count). The molecule has 4 nitrogen and oxygen atoms in total. The molecule has 0 bridgehead atoms. The molecule has 0 fully saturated rings. The molecule has 0 radical (unpaired) electrons. The molecule has 14 heavy (non-hydrogen) atoms. The Kier molecular flexibility index (Phi) is 10.2. The highest BCUT2D eigenvalue weighted by atomic mass is 32.2. The highest BCUT2D eigenvalue weighted by Gasteiger charge is 1.82. The second-order valence-corrected chi connectivity index (χ2v) is 4.30. The van der Waals surface area contributed by atoms with Crippen molar-refractivity contribution in [3.05, 3.63) is 0 Å². The Hall–Kier alpha value is -0.570. The molecule has 0 saturated heterocycles. The fourth-order valence-electron chi connectivity index (χ4n) is 0.485. The summed E-state index contributed by atoms with van der Waals surface area (Å²) < 4.78 is 25.9. The SMILES string of the molecule is CCCCC#CC(C)O.CS(=O)(=O)O. The molecule has 5 heteroatoms. The Morgan fingerprint density at radius 3 is 2.14 bits per heavy atom. The van der Waals surface area contributed by atoms with E-state index in [0.717, 1.165) is 12.8 Å². The summed E-state index contributed by atoms with van der Waals surface area (Å²) in [5, 5.41) is 8.68. The third-order valence-corrected chi connectivity index (χ3v) is 0.966. The van der Waals surface area contributed by atoms with Crippen LogP contribution in [0.2, 0.25) is 0 Å². The van der Waals surface area contributed by atoms with Gasteiger partial charge in [-0.05, 0) is 13.3 Å². The van der Waals surface area contributed by atoms with Crippen molar-refractivity contribution in [2.45, 2.75) is 39.2 Å². The second kappa shape index (κ2) is 9.00. The van der Waals surface area contributed by atoms with Crippen LogP contribution in [0, 0.1) is 11.8 Å². The van der Waals surface area contributed by atoms with E-state index in [1.54, 1.807) is 6.92 Å². The zero-order chi connectivity index (χ0) is 11.6. The molecule has 0 aliphatic carbocycles. The maximum atomic E-state index is 9.19. The van der Waals surface area contributed by atoms with E-state index in [-0.39, 0.29) is 0 Å². The van der Waals surface area contributed by atoms with Crippen LogP contribution in [-0.2, 0) is 10.1 Å². The van der Waals surface area contributed by atoms with Gasteiger partial charge in [-0.15, -0.1) is 5.92 Å². The van der Waals surface area contributed by atoms with Crippen molar-refractivity contribution in [2.75, 3.05) is 6.26 Å². The lowest BCUT2D eigenvalue weighted by Gasteiger charge is -1.87. The van der Waals surface area contributed by atoms with E-state index in [2.05, 4.69) is 18.8 Å². The van der Waals surface area contributed by atoms with E-state index in [9.17, 15) is 8.42 Å². The third-order valence-electron chi connectivity index (χ3n) is 0.966. The number of unbranched alkanes of at least 4 members (excludes halogenated alkanes) is 2. The molecule has 0 saturated carbocycles. The van der Waals surface area contributed by atoms with Crippen LogP contribution in [0.25, 0.3) is 0 Å². The Balaban J connectivity index is 0. The van der Waals surface area contributed by atoms with E-state index < -0.39 is 16.2 Å². The fourth-order valence-corrected chi connectivity index (χ4v) is 0.485. The van der Waals surface area contributed by atoms with Gasteiger partial charge in [0.15, 0.2) is 0 Å². The van der Waals surface area contributed by atoms with Gasteiger partial charge in [0.2, 0.25) is 0 Å². The first kappa shape index (κ1) is 15.9. The van der Waals surface area contributed by atoms with Crippen LogP contribution >= 0.6 is 0 Å². The molecule has 1 atom stereocenters. The first-order valence-corrected chi connectivity index (χ1v) is 6.21. The lowest BCUT2D eigenvalue weighted by Crippen LogP contribution is -1.92. The van der Waals surface area contributed by atoms with E-state index >= 15 is 0 Å². The first-order valence-electron chi connectivity index (χ1n) is 4.36. The zero-order valence-corrected chi connectivity index (χ0v) is 9.63. The highest BCUT2D eigenvalue weighted by Crippen LogP contribution is 1.90. The largest absolute Gasteiger partial charge is 0.381 e. The lowest BCUT2D eigenvalue weighted by atomic mass is 10.2. The normalized spacial score (nSPS) is 11.8. The van der Waals surface area contributed by atoms with Crippen molar-refractivity contribution >= 4 is 10.1 Å². The molecule has 2 N–H and O–H groups in total. The third kappa shape index (κ3) is 42.2. The highest BCUT2D eigenvalue weighted by molar-refractivity contribution is 7.85. The van der Waals surface area contributed by atoms with Gasteiger partial charge < -0.3 is 5.11 Å². The Bertz CT molecular complexity index is 261. The van der Waals surface area contributed by atoms with E-state index in [0.29, 0.717) is 6.26 Å². The van der Waals surface area contributed by atoms with Gasteiger partial charge in [0.05, 0.1) is 6.26 Å². The molecular weight excluding hydrogens is 204 g/mol. The average Bonchev–Trinajstić information content (AvgIpc) is 1.94. The number of hydrogen-bond acceptors (Lipinski definition) is 3. The van der Waals surface area contributed by atoms with Crippen molar-refractivity contribution in [2.24, 2.45) is 0 Å². The summed E-state index contributed by atoms with van der Waals surface area (Å²) in [7, 11) is -3.67. The van der Waals surface area contributed by atoms with Crippen LogP contribution in [0.1, 0.15) is 33.1 Å². The van der Waals surface area contributed by atoms with Crippen molar-refractivity contribution in [1.82, 2.24) is 0 Å². The number of hydrogen-bond donors (Lipinski definition) is 2. The van der Waals surface area contributed by atoms with E-state index in [4.69, 9.17) is 9.66 Å². The minimum atomic E-state index is -3.67. The minimum Gasteiger partial charge on any atom is -0.381 e. The predicted octanol–water partition coefficient (Wildman–Crippen LogP) is 1.06. The summed E-state index contributed by atoms with van der Waals surface area (Å²) in [6.07, 6.45) is 3.49. The van der Waals surface area contributed by atoms with Gasteiger partial charge in [0.1, 0.15) is 6.10 Å². The summed E-state index contributed by atoms with van der Waals surface area (Å²) >= 11 is 0. The Morgan fingerprint density at radius 2 is 1.86 bits per heavy atom. The van der Waals surface area contributed by atoms with Gasteiger partial charge in [-0.2, -0.15) is 8.42 Å². The van der Waals surface area contributed by atoms with E-state index in [1.807, 2.05) is 0 Å². The monoisotopic (exact) mass is 222 g/mol. The van der Waals surface area contributed by atoms with Gasteiger partial charge in [-0.3, -0.25) is 4.55 Å². The summed E-state index contributed by atoms with van der Waals surface area (Å²) in [5.74, 6) is 5.57. The average molecular weight is 222 g/mol. The van der Waals surface area contributed by atoms with Gasteiger partial charge >= 0.3 is 0 Å². The standard InChI is InChI=1S/C8H14O.CH4O3S/c1-3-4-5-6-7-8(2)9;1-5(2,3)4/h8-9H,3-5H2,1-2H3;1H3,(H,2,3,4). The molecule has 0 aromatic heterocycles. The van der Waals surface area contributed by atoms with Gasteiger partial charge in [0, 0.05) is 6.42 Å². The van der Waals surface area contributed by atoms with Crippen molar-refractivity contribution in [1.29, 1.82) is 0 Å². The summed E-state index contributed by atoms with van der Waals surface area (Å²) in [5.41, 5.74) is 0. The minimum absolute atomic E-state index is 0.457. The number of aliphatic hydroxyl groups excluding tert-OH is 1. The van der Waals surface area contributed by atoms with Gasteiger partial charge in [-0.25, -0.2) is 0 Å². The van der Waals surface area contributed by atoms with Crippen LogP contribution < -0.4 is 0 Å². The molecule has 0 spiro atoms. The molecule has 84 valence electrons. The van der Waals surface area contributed by atoms with Crippen LogP contribution in [0.3, 0.4) is 0 Å². The Labute approximate surface area is 86.1 Å². The predicted molar refractivity (Wildman–Crippen MR) is 56.5 cm³/mol. The fraction of sp³-hybridized carbons (Fsp3) is 0.778. The molecular formula is C9H18O4S. The van der Waals surface area contributed by atoms with Crippen LogP contribution in [0.4, 0.5) is 0 Å². The smallest absolute Gasteiger partial charge is 0.261 e. The summed E-state index contributed by atoms with van der Waals surface area (Å²) in [6.45, 7) is 3.81. The van der Waals surface area contributed by atoms with Crippen LogP contribution in [0.15, 0.2) is 0 Å². The maximum absolute atomic E-state index is 9.19. The van der Waals surface area contributed by atoms with Crippen molar-refractivity contribution in [3.63, 3.8) is 0 Å². The van der Waals surface area contributed by atoms with E-state index in [1.165, 1.54) is 6.42 Å². The molecule has 0 amide bonds. The summed E-state index contributed by atoms with van der Waals surface area (Å²) in [4.78, 5) is 0. The number of aliphatic hydroxyl groups is 1. The molecule has 1 unspecified atom stereocenters. The maximum Gasteiger partial charge on any atom is 0.261 e.